The molecule has 5 nitrogen and oxygen atoms in total. The van der Waals surface area contributed by atoms with E-state index in [2.05, 4.69) is 9.47 Å². The Morgan fingerprint density at radius 2 is 2.21 bits per heavy atom. The topological polar surface area (TPSA) is 85.3 Å². The van der Waals surface area contributed by atoms with Crippen molar-refractivity contribution in [3.8, 4) is 11.8 Å². The maximum absolute atomic E-state index is 12.3. The number of nitriles is 1. The second-order valence-corrected chi connectivity index (χ2v) is 3.57. The second-order valence-electron chi connectivity index (χ2n) is 3.57. The minimum absolute atomic E-state index is 0.0968. The van der Waals surface area contributed by atoms with Crippen LogP contribution in [0, 0.1) is 11.3 Å². The molecule has 102 valence electrons. The first-order valence-electron chi connectivity index (χ1n) is 5.29. The number of esters is 1. The summed E-state index contributed by atoms with van der Waals surface area (Å²) in [5.41, 5.74) is 6.03. The molecule has 0 aliphatic heterocycles. The van der Waals surface area contributed by atoms with Crippen LogP contribution in [-0.4, -0.2) is 19.7 Å². The minimum atomic E-state index is -3.04. The molecule has 1 aromatic rings. The van der Waals surface area contributed by atoms with Gasteiger partial charge in [-0.1, -0.05) is 0 Å². The van der Waals surface area contributed by atoms with Crippen LogP contribution in [-0.2, 0) is 22.5 Å². The number of alkyl halides is 2. The van der Waals surface area contributed by atoms with Crippen molar-refractivity contribution in [3.63, 3.8) is 0 Å². The summed E-state index contributed by atoms with van der Waals surface area (Å²) < 4.78 is 33.4. The second kappa shape index (κ2) is 6.66. The van der Waals surface area contributed by atoms with E-state index in [4.69, 9.17) is 11.0 Å². The van der Waals surface area contributed by atoms with E-state index in [0.717, 1.165) is 0 Å². The fourth-order valence-electron chi connectivity index (χ4n) is 1.55. The smallest absolute Gasteiger partial charge is 0.387 e. The summed E-state index contributed by atoms with van der Waals surface area (Å²) in [5, 5.41) is 8.96. The van der Waals surface area contributed by atoms with Crippen LogP contribution in [0.5, 0.6) is 5.75 Å². The number of benzene rings is 1. The number of ether oxygens (including phenoxy) is 2. The molecule has 0 unspecified atom stereocenters. The van der Waals surface area contributed by atoms with E-state index in [1.165, 1.54) is 19.2 Å². The molecule has 0 bridgehead atoms. The lowest BCUT2D eigenvalue weighted by molar-refractivity contribution is -0.139. The van der Waals surface area contributed by atoms with Crippen LogP contribution in [0.4, 0.5) is 8.78 Å². The quantitative estimate of drug-likeness (QED) is 0.816. The van der Waals surface area contributed by atoms with Crippen LogP contribution < -0.4 is 10.5 Å². The van der Waals surface area contributed by atoms with E-state index >= 15 is 0 Å². The molecule has 0 aliphatic rings. The zero-order valence-electron chi connectivity index (χ0n) is 10.2. The van der Waals surface area contributed by atoms with E-state index in [-0.39, 0.29) is 29.8 Å². The van der Waals surface area contributed by atoms with Gasteiger partial charge in [0.1, 0.15) is 5.75 Å². The summed E-state index contributed by atoms with van der Waals surface area (Å²) >= 11 is 0. The summed E-state index contributed by atoms with van der Waals surface area (Å²) in [6, 6.07) is 4.49. The molecular formula is C12H12F2N2O3. The van der Waals surface area contributed by atoms with Gasteiger partial charge in [-0.15, -0.1) is 0 Å². The summed E-state index contributed by atoms with van der Waals surface area (Å²) in [7, 11) is 1.21. The van der Waals surface area contributed by atoms with E-state index in [1.807, 2.05) is 6.07 Å². The third-order valence-electron chi connectivity index (χ3n) is 2.39. The van der Waals surface area contributed by atoms with Crippen molar-refractivity contribution in [2.45, 2.75) is 19.6 Å². The van der Waals surface area contributed by atoms with Crippen LogP contribution in [0.15, 0.2) is 12.1 Å². The molecule has 0 fully saturated rings. The Bertz CT molecular complexity index is 512. The number of hydrogen-bond donors (Lipinski definition) is 1. The minimum Gasteiger partial charge on any atom is -0.469 e. The highest BCUT2D eigenvalue weighted by Crippen LogP contribution is 2.26. The predicted molar refractivity (Wildman–Crippen MR) is 61.4 cm³/mol. The number of nitrogens with two attached hydrogens (primary N) is 1. The van der Waals surface area contributed by atoms with Gasteiger partial charge in [-0.25, -0.2) is 0 Å². The first-order chi connectivity index (χ1) is 9.01. The van der Waals surface area contributed by atoms with Crippen molar-refractivity contribution in [3.05, 3.63) is 28.8 Å². The standard InChI is InChI=1S/C12H12F2N2O3/c1-18-11(17)4-7-2-8(5-15)9(6-16)10(3-7)19-12(13)14/h2-3,12H,4,6,16H2,1H3. The maximum Gasteiger partial charge on any atom is 0.387 e. The molecule has 0 radical (unpaired) electrons. The largest absolute Gasteiger partial charge is 0.469 e. The lowest BCUT2D eigenvalue weighted by Crippen LogP contribution is -2.11. The number of carbonyl (C=O) groups excluding carboxylic acids is 1. The van der Waals surface area contributed by atoms with Gasteiger partial charge in [-0.05, 0) is 17.7 Å². The van der Waals surface area contributed by atoms with Crippen molar-refractivity contribution in [2.75, 3.05) is 7.11 Å². The lowest BCUT2D eigenvalue weighted by atomic mass is 10.0. The van der Waals surface area contributed by atoms with Crippen molar-refractivity contribution in [1.82, 2.24) is 0 Å². The van der Waals surface area contributed by atoms with E-state index < -0.39 is 12.6 Å². The summed E-state index contributed by atoms with van der Waals surface area (Å²) in [5.74, 6) is -0.747. The van der Waals surface area contributed by atoms with E-state index in [0.29, 0.717) is 5.56 Å². The molecule has 0 saturated carbocycles. The molecule has 0 heterocycles. The molecule has 19 heavy (non-hydrogen) atoms. The normalized spacial score (nSPS) is 10.1. The Kier molecular flexibility index (Phi) is 5.21. The van der Waals surface area contributed by atoms with Gasteiger partial charge in [0.25, 0.3) is 0 Å². The van der Waals surface area contributed by atoms with Crippen molar-refractivity contribution < 1.29 is 23.0 Å². The monoisotopic (exact) mass is 270 g/mol. The molecule has 0 spiro atoms. The van der Waals surface area contributed by atoms with Gasteiger partial charge in [-0.2, -0.15) is 14.0 Å². The number of carbonyl (C=O) groups is 1. The van der Waals surface area contributed by atoms with Gasteiger partial charge >= 0.3 is 12.6 Å². The fourth-order valence-corrected chi connectivity index (χ4v) is 1.55. The van der Waals surface area contributed by atoms with Crippen molar-refractivity contribution in [1.29, 1.82) is 5.26 Å². The third kappa shape index (κ3) is 3.89. The first-order valence-corrected chi connectivity index (χ1v) is 5.29. The first kappa shape index (κ1) is 14.9. The molecule has 2 N–H and O–H groups in total. The Balaban J connectivity index is 3.22. The molecule has 0 atom stereocenters. The SMILES string of the molecule is COC(=O)Cc1cc(C#N)c(CN)c(OC(F)F)c1. The van der Waals surface area contributed by atoms with Gasteiger partial charge in [0, 0.05) is 12.1 Å². The van der Waals surface area contributed by atoms with Crippen molar-refractivity contribution in [2.24, 2.45) is 5.73 Å². The molecule has 0 amide bonds. The van der Waals surface area contributed by atoms with E-state index in [1.54, 1.807) is 0 Å². The molecule has 1 aromatic carbocycles. The van der Waals surface area contributed by atoms with Gasteiger partial charge in [0.05, 0.1) is 25.2 Å². The van der Waals surface area contributed by atoms with Crippen LogP contribution in [0.3, 0.4) is 0 Å². The number of nitrogens with zero attached hydrogens (tertiary/aromatic N) is 1. The summed E-state index contributed by atoms with van der Waals surface area (Å²) in [6.45, 7) is -3.16. The highest BCUT2D eigenvalue weighted by atomic mass is 19.3. The third-order valence-corrected chi connectivity index (χ3v) is 2.39. The molecule has 7 heteroatoms. The molecule has 1 rings (SSSR count). The van der Waals surface area contributed by atoms with Crippen LogP contribution in [0.25, 0.3) is 0 Å². The summed E-state index contributed by atoms with van der Waals surface area (Å²) in [4.78, 5) is 11.2. The van der Waals surface area contributed by atoms with Gasteiger partial charge in [-0.3, -0.25) is 4.79 Å². The van der Waals surface area contributed by atoms with Gasteiger partial charge in [0.15, 0.2) is 0 Å². The zero-order valence-corrected chi connectivity index (χ0v) is 10.2. The van der Waals surface area contributed by atoms with Gasteiger partial charge in [0.2, 0.25) is 0 Å². The van der Waals surface area contributed by atoms with Crippen molar-refractivity contribution >= 4 is 5.97 Å². The zero-order chi connectivity index (χ0) is 14.4. The van der Waals surface area contributed by atoms with Crippen LogP contribution in [0.1, 0.15) is 16.7 Å². The Morgan fingerprint density at radius 1 is 1.53 bits per heavy atom. The molecule has 0 saturated heterocycles. The highest BCUT2D eigenvalue weighted by molar-refractivity contribution is 5.73. The van der Waals surface area contributed by atoms with Gasteiger partial charge < -0.3 is 15.2 Å². The molecular weight excluding hydrogens is 258 g/mol. The number of halogens is 2. The van der Waals surface area contributed by atoms with E-state index in [9.17, 15) is 13.6 Å². The number of hydrogen-bond acceptors (Lipinski definition) is 5. The molecule has 0 aliphatic carbocycles. The Labute approximate surface area is 108 Å². The fraction of sp³-hybridized carbons (Fsp3) is 0.333. The lowest BCUT2D eigenvalue weighted by Gasteiger charge is -2.13. The Hall–Kier alpha value is -2.20. The average Bonchev–Trinajstić information content (AvgIpc) is 2.37. The van der Waals surface area contributed by atoms with Crippen LogP contribution >= 0.6 is 0 Å². The Morgan fingerprint density at radius 3 is 2.68 bits per heavy atom. The summed E-state index contributed by atoms with van der Waals surface area (Å²) in [6.07, 6.45) is -0.143. The predicted octanol–water partition coefficient (Wildman–Crippen LogP) is 1.33. The maximum atomic E-state index is 12.3. The number of methoxy groups -OCH3 is 1. The highest BCUT2D eigenvalue weighted by Gasteiger charge is 2.16. The van der Waals surface area contributed by atoms with Crippen LogP contribution in [0.2, 0.25) is 0 Å². The molecule has 0 aromatic heterocycles. The average molecular weight is 270 g/mol. The number of rotatable bonds is 5.